The molecular weight excluding hydrogens is 325 g/mol. The number of carbonyl (C=O) groups excluding carboxylic acids is 2. The first-order chi connectivity index (χ1) is 11.1. The minimum absolute atomic E-state index is 0.238. The lowest BCUT2D eigenvalue weighted by Gasteiger charge is -2.33. The summed E-state index contributed by atoms with van der Waals surface area (Å²) < 4.78 is -0.518. The molecule has 2 rings (SSSR count). The standard InChI is InChI=1S/C16H24BN3O3S/c1-10(20(5)17(4)23)14(21)19-13-15(22)18-11-8-6-7-9-12(11)24-16(13,2)3/h6-10,13,23H,1-5H3,(H,18,22)(H,19,21)/t10-,13+/m0/s1. The van der Waals surface area contributed by atoms with Crippen molar-refractivity contribution >= 4 is 36.3 Å². The minimum Gasteiger partial charge on any atom is -0.437 e. The van der Waals surface area contributed by atoms with Gasteiger partial charge in [0.15, 0.2) is 0 Å². The summed E-state index contributed by atoms with van der Waals surface area (Å²) in [7, 11) is 0.915. The lowest BCUT2D eigenvalue weighted by molar-refractivity contribution is -0.129. The molecule has 0 spiro atoms. The molecule has 0 fully saturated rings. The Balaban J connectivity index is 2.21. The quantitative estimate of drug-likeness (QED) is 0.717. The first-order valence-corrected chi connectivity index (χ1v) is 8.74. The first kappa shape index (κ1) is 18.8. The highest BCUT2D eigenvalue weighted by Crippen LogP contribution is 2.41. The molecule has 0 aliphatic carbocycles. The zero-order chi connectivity index (χ0) is 18.1. The van der Waals surface area contributed by atoms with Crippen molar-refractivity contribution in [1.29, 1.82) is 0 Å². The number of hydrogen-bond acceptors (Lipinski definition) is 5. The van der Waals surface area contributed by atoms with E-state index in [-0.39, 0.29) is 11.8 Å². The molecule has 1 heterocycles. The fourth-order valence-electron chi connectivity index (χ4n) is 2.53. The fourth-order valence-corrected chi connectivity index (χ4v) is 3.76. The van der Waals surface area contributed by atoms with Crippen LogP contribution in [0, 0.1) is 0 Å². The Morgan fingerprint density at radius 2 is 2.08 bits per heavy atom. The molecule has 0 unspecified atom stereocenters. The fraction of sp³-hybridized carbons (Fsp3) is 0.500. The van der Waals surface area contributed by atoms with Crippen molar-refractivity contribution in [2.24, 2.45) is 0 Å². The SMILES string of the molecule is CB(O)N(C)[C@@H](C)C(=O)N[C@@H]1C(=O)Nc2ccccc2SC1(C)C. The van der Waals surface area contributed by atoms with Gasteiger partial charge in [0.25, 0.3) is 0 Å². The van der Waals surface area contributed by atoms with Crippen molar-refractivity contribution in [3.05, 3.63) is 24.3 Å². The normalized spacial score (nSPS) is 20.6. The third-order valence-corrected chi connectivity index (χ3v) is 5.68. The van der Waals surface area contributed by atoms with Crippen molar-refractivity contribution in [2.75, 3.05) is 12.4 Å². The number of amides is 2. The van der Waals surface area contributed by atoms with Crippen LogP contribution in [-0.2, 0) is 9.59 Å². The van der Waals surface area contributed by atoms with E-state index in [2.05, 4.69) is 10.6 Å². The number of hydrogen-bond donors (Lipinski definition) is 3. The number of nitrogens with zero attached hydrogens (tertiary/aromatic N) is 1. The lowest BCUT2D eigenvalue weighted by Crippen LogP contribution is -2.58. The van der Waals surface area contributed by atoms with Gasteiger partial charge in [-0.25, -0.2) is 0 Å². The molecule has 1 aromatic rings. The van der Waals surface area contributed by atoms with Gasteiger partial charge < -0.3 is 20.5 Å². The smallest absolute Gasteiger partial charge is 0.376 e. The van der Waals surface area contributed by atoms with E-state index in [1.807, 2.05) is 38.1 Å². The van der Waals surface area contributed by atoms with Crippen molar-refractivity contribution in [3.63, 3.8) is 0 Å². The molecule has 0 bridgehead atoms. The molecule has 1 aromatic carbocycles. The monoisotopic (exact) mass is 349 g/mol. The molecule has 0 radical (unpaired) electrons. The van der Waals surface area contributed by atoms with Crippen LogP contribution in [0.15, 0.2) is 29.2 Å². The van der Waals surface area contributed by atoms with Crippen LogP contribution in [0.2, 0.25) is 6.82 Å². The Kier molecular flexibility index (Phi) is 5.62. The van der Waals surface area contributed by atoms with E-state index in [0.717, 1.165) is 10.6 Å². The van der Waals surface area contributed by atoms with Gasteiger partial charge >= 0.3 is 7.05 Å². The van der Waals surface area contributed by atoms with Crippen molar-refractivity contribution in [3.8, 4) is 0 Å². The van der Waals surface area contributed by atoms with Gasteiger partial charge in [0.1, 0.15) is 6.04 Å². The maximum atomic E-state index is 12.7. The van der Waals surface area contributed by atoms with Crippen LogP contribution in [0.25, 0.3) is 0 Å². The van der Waals surface area contributed by atoms with Crippen LogP contribution < -0.4 is 10.6 Å². The largest absolute Gasteiger partial charge is 0.437 e. The predicted octanol–water partition coefficient (Wildman–Crippen LogP) is 1.42. The van der Waals surface area contributed by atoms with Gasteiger partial charge in [-0.2, -0.15) is 0 Å². The molecule has 8 heteroatoms. The molecule has 0 aromatic heterocycles. The number of para-hydroxylation sites is 1. The van der Waals surface area contributed by atoms with Gasteiger partial charge in [-0.1, -0.05) is 12.1 Å². The van der Waals surface area contributed by atoms with E-state index in [4.69, 9.17) is 0 Å². The Morgan fingerprint density at radius 3 is 2.71 bits per heavy atom. The summed E-state index contributed by atoms with van der Waals surface area (Å²) in [6.45, 7) is 7.17. The van der Waals surface area contributed by atoms with E-state index < -0.39 is 23.9 Å². The molecule has 2 amide bonds. The summed E-state index contributed by atoms with van der Waals surface area (Å²) in [5.74, 6) is -0.532. The van der Waals surface area contributed by atoms with Gasteiger partial charge in [0, 0.05) is 9.64 Å². The van der Waals surface area contributed by atoms with Gasteiger partial charge in [-0.15, -0.1) is 11.8 Å². The van der Waals surface area contributed by atoms with Crippen molar-refractivity contribution in [1.82, 2.24) is 10.1 Å². The number of carbonyl (C=O) groups is 2. The van der Waals surface area contributed by atoms with Crippen molar-refractivity contribution in [2.45, 2.75) is 49.3 Å². The van der Waals surface area contributed by atoms with Crippen LogP contribution in [-0.4, -0.2) is 52.6 Å². The van der Waals surface area contributed by atoms with Crippen LogP contribution in [0.5, 0.6) is 0 Å². The molecular formula is C16H24BN3O3S. The number of fused-ring (bicyclic) bond motifs is 1. The summed E-state index contributed by atoms with van der Waals surface area (Å²) in [5.41, 5.74) is 0.756. The topological polar surface area (TPSA) is 81.7 Å². The lowest BCUT2D eigenvalue weighted by atomic mass is 9.84. The molecule has 24 heavy (non-hydrogen) atoms. The zero-order valence-electron chi connectivity index (χ0n) is 14.7. The van der Waals surface area contributed by atoms with Gasteiger partial charge in [0.2, 0.25) is 11.8 Å². The van der Waals surface area contributed by atoms with Crippen LogP contribution in [0.1, 0.15) is 20.8 Å². The highest BCUT2D eigenvalue weighted by Gasteiger charge is 2.41. The maximum Gasteiger partial charge on any atom is 0.376 e. The number of benzene rings is 1. The number of likely N-dealkylation sites (N-methyl/N-ethyl adjacent to an activating group) is 1. The third-order valence-electron chi connectivity index (χ3n) is 4.34. The molecule has 1 aliphatic rings. The summed E-state index contributed by atoms with van der Waals surface area (Å²) in [5, 5.41) is 15.4. The molecule has 2 atom stereocenters. The highest BCUT2D eigenvalue weighted by molar-refractivity contribution is 8.01. The second-order valence-electron chi connectivity index (χ2n) is 6.61. The van der Waals surface area contributed by atoms with Gasteiger partial charge in [-0.3, -0.25) is 9.59 Å². The zero-order valence-corrected chi connectivity index (χ0v) is 15.5. The highest BCUT2D eigenvalue weighted by atomic mass is 32.2. The molecule has 3 N–H and O–H groups in total. The summed E-state index contributed by atoms with van der Waals surface area (Å²) in [6, 6.07) is 6.36. The number of anilines is 1. The Hall–Kier alpha value is -1.51. The molecule has 0 saturated heterocycles. The van der Waals surface area contributed by atoms with E-state index in [1.54, 1.807) is 37.4 Å². The van der Waals surface area contributed by atoms with E-state index in [1.165, 1.54) is 0 Å². The van der Waals surface area contributed by atoms with E-state index >= 15 is 0 Å². The second kappa shape index (κ2) is 7.17. The number of thioether (sulfide) groups is 1. The van der Waals surface area contributed by atoms with Gasteiger partial charge in [-0.05, 0) is 46.8 Å². The average molecular weight is 349 g/mol. The van der Waals surface area contributed by atoms with Crippen LogP contribution >= 0.6 is 11.8 Å². The summed E-state index contributed by atoms with van der Waals surface area (Å²) >= 11 is 1.55. The van der Waals surface area contributed by atoms with Crippen molar-refractivity contribution < 1.29 is 14.6 Å². The van der Waals surface area contributed by atoms with E-state index in [9.17, 15) is 14.6 Å². The molecule has 0 saturated carbocycles. The summed E-state index contributed by atoms with van der Waals surface area (Å²) in [6.07, 6.45) is 0. The van der Waals surface area contributed by atoms with E-state index in [0.29, 0.717) is 0 Å². The molecule has 6 nitrogen and oxygen atoms in total. The van der Waals surface area contributed by atoms with Gasteiger partial charge in [0.05, 0.1) is 11.7 Å². The Morgan fingerprint density at radius 1 is 1.46 bits per heavy atom. The summed E-state index contributed by atoms with van der Waals surface area (Å²) in [4.78, 5) is 27.7. The van der Waals surface area contributed by atoms with Crippen LogP contribution in [0.4, 0.5) is 5.69 Å². The maximum absolute atomic E-state index is 12.7. The molecule has 130 valence electrons. The predicted molar refractivity (Wildman–Crippen MR) is 98.0 cm³/mol. The first-order valence-electron chi connectivity index (χ1n) is 7.93. The van der Waals surface area contributed by atoms with Crippen LogP contribution in [0.3, 0.4) is 0 Å². The minimum atomic E-state index is -0.750. The average Bonchev–Trinajstić information content (AvgIpc) is 2.60. The second-order valence-corrected chi connectivity index (χ2v) is 8.30. The third kappa shape index (κ3) is 3.93. The Labute approximate surface area is 147 Å². The molecule has 1 aliphatic heterocycles. The number of rotatable bonds is 4. The Bertz CT molecular complexity index is 639. The number of nitrogens with one attached hydrogen (secondary N) is 2.